The summed E-state index contributed by atoms with van der Waals surface area (Å²) in [5.41, 5.74) is 13.5. The van der Waals surface area contributed by atoms with E-state index in [4.69, 9.17) is 69.3 Å². The number of hydrogen-bond acceptors (Lipinski definition) is 31. The number of ether oxygens (including phenoxy) is 8. The molecule has 0 aromatic carbocycles. The third-order valence-corrected chi connectivity index (χ3v) is 21.2. The molecule has 7 rings (SSSR count). The van der Waals surface area contributed by atoms with Crippen molar-refractivity contribution in [3.63, 3.8) is 0 Å². The largest absolute Gasteiger partial charge is 0.462 e. The molecule has 31 heteroatoms. The molecule has 0 aliphatic carbocycles. The van der Waals surface area contributed by atoms with Crippen LogP contribution in [-0.2, 0) is 50.7 Å². The monoisotopic (exact) mass is 1510 g/mol. The van der Waals surface area contributed by atoms with Crippen LogP contribution >= 0.6 is 79.4 Å². The topological polar surface area (TPSA) is 337 Å². The van der Waals surface area contributed by atoms with Crippen molar-refractivity contribution in [1.82, 2.24) is 0 Å². The molecule has 0 bridgehead atoms. The Labute approximate surface area is 613 Å². The van der Waals surface area contributed by atoms with E-state index in [1.807, 2.05) is 0 Å². The zero-order valence-electron chi connectivity index (χ0n) is 57.7. The van der Waals surface area contributed by atoms with Gasteiger partial charge in [0.1, 0.15) is 84.5 Å². The summed E-state index contributed by atoms with van der Waals surface area (Å²) in [6, 6.07) is 7.07. The first-order valence-corrected chi connectivity index (χ1v) is 38.7. The number of nitrogens with two attached hydrogens (primary N) is 2. The average molecular weight is 1510 g/mol. The van der Waals surface area contributed by atoms with Gasteiger partial charge in [0.15, 0.2) is 0 Å². The molecule has 0 aliphatic rings. The zero-order valence-corrected chi connectivity index (χ0v) is 63.4. The van der Waals surface area contributed by atoms with Gasteiger partial charge in [-0.15, -0.1) is 34.0 Å². The van der Waals surface area contributed by atoms with Gasteiger partial charge in [-0.2, -0.15) is 0 Å². The normalized spacial score (nSPS) is 11.7. The highest BCUT2D eigenvalue weighted by molar-refractivity contribution is 7.22. The van der Waals surface area contributed by atoms with E-state index in [0.717, 1.165) is 118 Å². The fraction of sp³-hybridized carbons (Fsp3) is 0.400. The highest BCUT2D eigenvalue weighted by Gasteiger charge is 2.34. The lowest BCUT2D eigenvalue weighted by Gasteiger charge is -2.08. The van der Waals surface area contributed by atoms with E-state index in [-0.39, 0.29) is 137 Å². The van der Waals surface area contributed by atoms with Gasteiger partial charge in [-0.05, 0) is 116 Å². The zero-order chi connectivity index (χ0) is 73.1. The summed E-state index contributed by atoms with van der Waals surface area (Å²) in [5, 5.41) is 0.931. The Kier molecular flexibility index (Phi) is 31.6. The second-order valence-electron chi connectivity index (χ2n) is 21.2. The first-order chi connectivity index (χ1) is 48.8. The third-order valence-electron chi connectivity index (χ3n) is 14.3. The highest BCUT2D eigenvalue weighted by atomic mass is 32.1. The second-order valence-corrected chi connectivity index (χ2v) is 28.6. The van der Waals surface area contributed by atoms with E-state index in [0.29, 0.717) is 32.4 Å². The average Bonchev–Trinajstić information content (AvgIpc) is 1.66. The number of esters is 8. The van der Waals surface area contributed by atoms with Gasteiger partial charge in [-0.3, -0.25) is 0 Å². The molecule has 0 unspecified atom stereocenters. The Bertz CT molecular complexity index is 4020. The Morgan fingerprint density at radius 3 is 0.772 bits per heavy atom. The number of aliphatic imine (C=N–C) groups is 6. The van der Waals surface area contributed by atoms with Gasteiger partial charge in [0.2, 0.25) is 0 Å². The van der Waals surface area contributed by atoms with Crippen molar-refractivity contribution in [3.8, 4) is 0 Å². The lowest BCUT2D eigenvalue weighted by atomic mass is 9.97. The SMILES string of the molecule is CCCCCCc1c(/C=N/c2sc(/N=C/c3ccc(/C=N/c4sc(N)c(C(=O)OCC)c4C(=O)OCC)s3)c(C(=O)OCC)c2C(=O)OCC)sc(/C=N/c2sc(/N=C/c3ccc(/C=N/c4sc(N)c(C(=O)OCC)c4C(=O)OCC)s3)c(C(=O)OCC)c2C(=O)OCC)c1CCCCCC. The molecule has 0 amide bonds. The first-order valence-electron chi connectivity index (χ1n) is 33.0. The number of carbonyl (C=O) groups is 8. The molecule has 0 aliphatic heterocycles. The van der Waals surface area contributed by atoms with E-state index in [1.165, 1.54) is 58.9 Å². The van der Waals surface area contributed by atoms with Gasteiger partial charge in [0.05, 0.1) is 52.9 Å². The van der Waals surface area contributed by atoms with Crippen LogP contribution in [0.25, 0.3) is 0 Å². The van der Waals surface area contributed by atoms with Crippen molar-refractivity contribution >= 4 is 204 Å². The molecule has 0 radical (unpaired) electrons. The van der Waals surface area contributed by atoms with Crippen molar-refractivity contribution < 1.29 is 76.3 Å². The van der Waals surface area contributed by atoms with Crippen LogP contribution in [0.4, 0.5) is 40.0 Å². The molecule has 7 aromatic rings. The lowest BCUT2D eigenvalue weighted by molar-refractivity contribution is 0.0481. The predicted octanol–water partition coefficient (Wildman–Crippen LogP) is 17.4. The van der Waals surface area contributed by atoms with Crippen molar-refractivity contribution in [1.29, 1.82) is 0 Å². The Morgan fingerprint density at radius 2 is 0.525 bits per heavy atom. The number of nitrogens with zero attached hydrogens (tertiary/aromatic N) is 6. The number of rotatable bonds is 38. The number of anilines is 2. The lowest BCUT2D eigenvalue weighted by Crippen LogP contribution is -2.13. The van der Waals surface area contributed by atoms with Crippen molar-refractivity contribution in [2.24, 2.45) is 30.0 Å². The molecule has 7 heterocycles. The predicted molar refractivity (Wildman–Crippen MR) is 406 cm³/mol. The molecule has 0 spiro atoms. The maximum absolute atomic E-state index is 14.1. The van der Waals surface area contributed by atoms with Crippen molar-refractivity contribution in [2.75, 3.05) is 64.3 Å². The van der Waals surface area contributed by atoms with E-state index >= 15 is 0 Å². The summed E-state index contributed by atoms with van der Waals surface area (Å²) in [7, 11) is 0. The molecular formula is C70H80N8O16S7. The smallest absolute Gasteiger partial charge is 0.342 e. The van der Waals surface area contributed by atoms with Crippen LogP contribution in [0.1, 0.15) is 244 Å². The summed E-state index contributed by atoms with van der Waals surface area (Å²) in [4.78, 5) is 141. The van der Waals surface area contributed by atoms with Crippen LogP contribution in [0.15, 0.2) is 54.2 Å². The van der Waals surface area contributed by atoms with Crippen LogP contribution in [-0.4, -0.2) is 138 Å². The van der Waals surface area contributed by atoms with Crippen LogP contribution in [0.2, 0.25) is 0 Å². The van der Waals surface area contributed by atoms with Gasteiger partial charge in [0.25, 0.3) is 0 Å². The van der Waals surface area contributed by atoms with Gasteiger partial charge >= 0.3 is 47.8 Å². The second kappa shape index (κ2) is 40.1. The number of nitrogen functional groups attached to an aromatic ring is 2. The maximum Gasteiger partial charge on any atom is 0.342 e. The quantitative estimate of drug-likeness (QED) is 0.0157. The fourth-order valence-electron chi connectivity index (χ4n) is 9.89. The van der Waals surface area contributed by atoms with Crippen molar-refractivity contribution in [3.05, 3.63) is 109 Å². The minimum Gasteiger partial charge on any atom is -0.462 e. The van der Waals surface area contributed by atoms with Gasteiger partial charge in [0, 0.05) is 66.6 Å². The minimum atomic E-state index is -0.810. The molecule has 24 nitrogen and oxygen atoms in total. The van der Waals surface area contributed by atoms with Crippen LogP contribution in [0.3, 0.4) is 0 Å². The number of thiophene rings is 7. The Balaban J connectivity index is 1.31. The molecule has 538 valence electrons. The standard InChI is InChI=1S/C70H80N8O16S7/c1-11-21-23-25-27-43-44(28-26-24-22-12-2)46(38-78-62-54(70(86)94-20-10)52(68(84)92-18-8)60(101-62)76-36-42-32-30-40(96-42)34-74-58-50(66(82)90-16-6)48(56(72)99-58)64(80)88-14-4)97-45(43)37-77-61-53(69(85)93-19-9)51(67(83)91-17-7)59(100-61)75-35-41-31-29-39(95-41)33-73-57-49(65(81)89-15-5)47(55(71)98-57)63(79)87-13-3/h29-38H,11-28,71-72H2,1-10H3/b73-33+,74-34+,75-35+,76-36+,77-37+,78-38+. The van der Waals surface area contributed by atoms with Crippen molar-refractivity contribution in [2.45, 2.75) is 133 Å². The van der Waals surface area contributed by atoms with Gasteiger partial charge in [-0.1, -0.05) is 97.7 Å². The van der Waals surface area contributed by atoms with E-state index < -0.39 is 47.8 Å². The van der Waals surface area contributed by atoms with E-state index in [9.17, 15) is 38.4 Å². The number of carbonyl (C=O) groups excluding carboxylic acids is 8. The highest BCUT2D eigenvalue weighted by Crippen LogP contribution is 2.46. The molecule has 0 fully saturated rings. The van der Waals surface area contributed by atoms with Crippen LogP contribution < -0.4 is 11.5 Å². The minimum absolute atomic E-state index is 0.0119. The molecular weight excluding hydrogens is 1430 g/mol. The third kappa shape index (κ3) is 20.7. The molecule has 0 atom stereocenters. The summed E-state index contributed by atoms with van der Waals surface area (Å²) in [6.45, 7) is 17.6. The summed E-state index contributed by atoms with van der Waals surface area (Å²) in [6.07, 6.45) is 18.5. The Hall–Kier alpha value is -8.72. The molecule has 4 N–H and O–H groups in total. The fourth-order valence-corrected chi connectivity index (χ4v) is 16.3. The molecule has 7 aromatic heterocycles. The van der Waals surface area contributed by atoms with E-state index in [2.05, 4.69) is 23.8 Å². The van der Waals surface area contributed by atoms with Gasteiger partial charge in [-0.25, -0.2) is 68.3 Å². The molecule has 101 heavy (non-hydrogen) atoms. The number of hydrogen-bond donors (Lipinski definition) is 2. The summed E-state index contributed by atoms with van der Waals surface area (Å²) >= 11 is 7.84. The first kappa shape index (κ1) is 79.6. The van der Waals surface area contributed by atoms with Crippen LogP contribution in [0, 0.1) is 0 Å². The summed E-state index contributed by atoms with van der Waals surface area (Å²) < 4.78 is 43.1. The van der Waals surface area contributed by atoms with Crippen LogP contribution in [0.5, 0.6) is 0 Å². The van der Waals surface area contributed by atoms with Gasteiger partial charge < -0.3 is 49.4 Å². The van der Waals surface area contributed by atoms with E-state index in [1.54, 1.807) is 92.1 Å². The maximum atomic E-state index is 14.1. The molecule has 0 saturated carbocycles. The molecule has 0 saturated heterocycles. The number of unbranched alkanes of at least 4 members (excludes halogenated alkanes) is 6. The summed E-state index contributed by atoms with van der Waals surface area (Å²) in [5.74, 6) is -6.33. The Morgan fingerprint density at radius 1 is 0.297 bits per heavy atom.